The van der Waals surface area contributed by atoms with E-state index < -0.39 is 5.97 Å². The molecule has 2 aromatic carbocycles. The van der Waals surface area contributed by atoms with E-state index in [4.69, 9.17) is 19.2 Å². The van der Waals surface area contributed by atoms with E-state index in [1.54, 1.807) is 13.0 Å². The minimum Gasteiger partial charge on any atom is -0.488 e. The lowest BCUT2D eigenvalue weighted by atomic mass is 9.94. The number of carbonyl (C=O) groups is 1. The lowest BCUT2D eigenvalue weighted by molar-refractivity contribution is -0.0375. The predicted octanol–water partition coefficient (Wildman–Crippen LogP) is 5.71. The Morgan fingerprint density at radius 3 is 2.58 bits per heavy atom. The van der Waals surface area contributed by atoms with Gasteiger partial charge < -0.3 is 24.6 Å². The van der Waals surface area contributed by atoms with Gasteiger partial charge in [-0.15, -0.1) is 0 Å². The molecule has 4 aromatic rings. The van der Waals surface area contributed by atoms with Crippen molar-refractivity contribution in [2.45, 2.75) is 59.7 Å². The van der Waals surface area contributed by atoms with Gasteiger partial charge in [-0.1, -0.05) is 30.3 Å². The van der Waals surface area contributed by atoms with Gasteiger partial charge in [-0.05, 0) is 106 Å². The number of ether oxygens (including phenoxy) is 3. The van der Waals surface area contributed by atoms with Crippen molar-refractivity contribution in [3.8, 4) is 28.7 Å². The summed E-state index contributed by atoms with van der Waals surface area (Å²) in [6.07, 6.45) is 5.19. The van der Waals surface area contributed by atoms with Crippen LogP contribution in [0.15, 0.2) is 54.7 Å². The first-order valence-corrected chi connectivity index (χ1v) is 14.9. The number of rotatable bonds is 8. The first-order chi connectivity index (χ1) is 20.9. The van der Waals surface area contributed by atoms with E-state index in [2.05, 4.69) is 36.4 Å². The van der Waals surface area contributed by atoms with Gasteiger partial charge in [0.2, 0.25) is 5.88 Å². The van der Waals surface area contributed by atoms with Crippen LogP contribution in [0.2, 0.25) is 0 Å². The third-order valence-electron chi connectivity index (χ3n) is 7.91. The number of aromatic nitrogens is 3. The highest BCUT2D eigenvalue weighted by Crippen LogP contribution is 2.34. The molecule has 226 valence electrons. The van der Waals surface area contributed by atoms with Gasteiger partial charge in [-0.25, -0.2) is 9.78 Å². The van der Waals surface area contributed by atoms with Gasteiger partial charge >= 0.3 is 5.97 Å². The third-order valence-corrected chi connectivity index (χ3v) is 7.91. The van der Waals surface area contributed by atoms with E-state index in [0.717, 1.165) is 49.4 Å². The first kappa shape index (κ1) is 30.3. The number of carboxylic acid groups (broad SMARTS) is 1. The molecule has 2 aromatic heterocycles. The molecule has 9 heteroatoms. The molecular formula is C34H40N4O5. The van der Waals surface area contributed by atoms with Crippen LogP contribution < -0.4 is 14.8 Å². The fourth-order valence-electron chi connectivity index (χ4n) is 5.32. The Bertz CT molecular complexity index is 1580. The second-order valence-corrected chi connectivity index (χ2v) is 10.8. The maximum absolute atomic E-state index is 11.6. The number of benzene rings is 2. The van der Waals surface area contributed by atoms with E-state index in [-0.39, 0.29) is 11.4 Å². The van der Waals surface area contributed by atoms with E-state index >= 15 is 0 Å². The number of carboxylic acids is 1. The molecule has 0 aliphatic carbocycles. The molecule has 0 bridgehead atoms. The van der Waals surface area contributed by atoms with Gasteiger partial charge in [0.25, 0.3) is 0 Å². The Balaban J connectivity index is 0.000000668. The highest BCUT2D eigenvalue weighted by molar-refractivity contribution is 5.90. The minimum absolute atomic E-state index is 0.00876. The van der Waals surface area contributed by atoms with Crippen LogP contribution in [0, 0.1) is 13.8 Å². The average molecular weight is 585 g/mol. The van der Waals surface area contributed by atoms with Crippen molar-refractivity contribution in [1.82, 2.24) is 20.1 Å². The smallest absolute Gasteiger partial charge is 0.342 e. The Hall–Kier alpha value is -4.21. The topological polar surface area (TPSA) is 108 Å². The summed E-state index contributed by atoms with van der Waals surface area (Å²) >= 11 is 0. The summed E-state index contributed by atoms with van der Waals surface area (Å²) in [5.41, 5.74) is 7.89. The standard InChI is InChI=1S/C30H32N4O4.C4H8O/c1-4-37-29-25(30(35)36)17-32-34(29)27-10-6-9-26(33-27)24-8-5-7-19(2)28(24)38-18-22-12-11-21-13-15-31-16-14-23(21)20(22)3;1-4-2-3-5-4/h5-12,17,31H,4,13-16,18H2,1-3H3,(H,35,36);4H,2-3H2,1H3/t;4-/m.0/s1. The molecule has 9 nitrogen and oxygen atoms in total. The third kappa shape index (κ3) is 6.89. The highest BCUT2D eigenvalue weighted by atomic mass is 16.5. The van der Waals surface area contributed by atoms with Crippen LogP contribution >= 0.6 is 0 Å². The lowest BCUT2D eigenvalue weighted by Crippen LogP contribution is -2.22. The van der Waals surface area contributed by atoms with Crippen LogP contribution in [-0.4, -0.2) is 58.2 Å². The molecule has 0 amide bonds. The summed E-state index contributed by atoms with van der Waals surface area (Å²) in [5, 5.41) is 17.3. The quantitative estimate of drug-likeness (QED) is 0.271. The monoisotopic (exact) mass is 584 g/mol. The summed E-state index contributed by atoms with van der Waals surface area (Å²) in [7, 11) is 0. The molecular weight excluding hydrogens is 544 g/mol. The molecule has 2 aliphatic rings. The van der Waals surface area contributed by atoms with Gasteiger partial charge in [0, 0.05) is 12.2 Å². The molecule has 2 aliphatic heterocycles. The summed E-state index contributed by atoms with van der Waals surface area (Å²) in [4.78, 5) is 16.5. The van der Waals surface area contributed by atoms with Gasteiger partial charge in [-0.2, -0.15) is 9.78 Å². The number of hydrogen-bond acceptors (Lipinski definition) is 7. The predicted molar refractivity (Wildman–Crippen MR) is 165 cm³/mol. The molecule has 4 heterocycles. The van der Waals surface area contributed by atoms with Crippen LogP contribution in [0.25, 0.3) is 17.1 Å². The molecule has 1 atom stereocenters. The van der Waals surface area contributed by atoms with Gasteiger partial charge in [0.15, 0.2) is 5.82 Å². The van der Waals surface area contributed by atoms with E-state index in [1.807, 2.05) is 37.3 Å². The fraction of sp³-hybridized carbons (Fsp3) is 0.382. The second kappa shape index (κ2) is 13.8. The van der Waals surface area contributed by atoms with Crippen molar-refractivity contribution < 1.29 is 24.1 Å². The molecule has 6 rings (SSSR count). The Labute approximate surface area is 252 Å². The number of aromatic carboxylic acids is 1. The Morgan fingerprint density at radius 2 is 1.86 bits per heavy atom. The van der Waals surface area contributed by atoms with Crippen LogP contribution in [0.4, 0.5) is 0 Å². The summed E-state index contributed by atoms with van der Waals surface area (Å²) in [6, 6.07) is 16.0. The Morgan fingerprint density at radius 1 is 1.09 bits per heavy atom. The maximum atomic E-state index is 11.6. The number of pyridine rings is 1. The zero-order chi connectivity index (χ0) is 30.3. The van der Waals surface area contributed by atoms with Crippen molar-refractivity contribution in [3.63, 3.8) is 0 Å². The van der Waals surface area contributed by atoms with E-state index in [1.165, 1.54) is 39.6 Å². The van der Waals surface area contributed by atoms with Crippen molar-refractivity contribution in [1.29, 1.82) is 0 Å². The average Bonchev–Trinajstić information content (AvgIpc) is 3.26. The number of aryl methyl sites for hydroxylation is 1. The minimum atomic E-state index is -1.10. The number of hydrogen-bond donors (Lipinski definition) is 2. The van der Waals surface area contributed by atoms with Crippen molar-refractivity contribution in [3.05, 3.63) is 88.1 Å². The zero-order valence-corrected chi connectivity index (χ0v) is 25.4. The summed E-state index contributed by atoms with van der Waals surface area (Å²) in [6.45, 7) is 11.9. The number of nitrogens with zero attached hydrogens (tertiary/aromatic N) is 3. The first-order valence-electron chi connectivity index (χ1n) is 14.9. The molecule has 0 spiro atoms. The van der Waals surface area contributed by atoms with Crippen LogP contribution in [0.1, 0.15) is 58.4 Å². The SMILES string of the molecule is CCOc1c(C(=O)O)cnn1-c1cccc(-c2cccc(C)c2OCc2ccc3c(c2C)CCNCC3)n1.C[C@H]1CCO1. The fourth-order valence-corrected chi connectivity index (χ4v) is 5.32. The van der Waals surface area contributed by atoms with E-state index in [9.17, 15) is 9.90 Å². The molecule has 2 N–H and O–H groups in total. The van der Waals surface area contributed by atoms with E-state index in [0.29, 0.717) is 30.8 Å². The maximum Gasteiger partial charge on any atom is 0.342 e. The number of nitrogens with one attached hydrogen (secondary N) is 1. The van der Waals surface area contributed by atoms with Crippen molar-refractivity contribution in [2.75, 3.05) is 26.3 Å². The zero-order valence-electron chi connectivity index (χ0n) is 25.4. The molecule has 1 fully saturated rings. The lowest BCUT2D eigenvalue weighted by Gasteiger charge is -2.20. The van der Waals surface area contributed by atoms with Crippen LogP contribution in [-0.2, 0) is 24.2 Å². The van der Waals surface area contributed by atoms with Gasteiger partial charge in [0.05, 0.1) is 24.6 Å². The van der Waals surface area contributed by atoms with Crippen molar-refractivity contribution >= 4 is 5.97 Å². The normalized spacial score (nSPS) is 15.8. The molecule has 43 heavy (non-hydrogen) atoms. The molecule has 0 unspecified atom stereocenters. The number of fused-ring (bicyclic) bond motifs is 1. The van der Waals surface area contributed by atoms with Crippen LogP contribution in [0.3, 0.4) is 0 Å². The largest absolute Gasteiger partial charge is 0.488 e. The van der Waals surface area contributed by atoms with Gasteiger partial charge in [-0.3, -0.25) is 0 Å². The van der Waals surface area contributed by atoms with Crippen LogP contribution in [0.5, 0.6) is 11.6 Å². The molecule has 1 saturated heterocycles. The summed E-state index contributed by atoms with van der Waals surface area (Å²) < 4.78 is 18.4. The highest BCUT2D eigenvalue weighted by Gasteiger charge is 2.21. The second-order valence-electron chi connectivity index (χ2n) is 10.8. The molecule has 0 radical (unpaired) electrons. The summed E-state index contributed by atoms with van der Waals surface area (Å²) in [5.74, 6) is 0.278. The Kier molecular flexibility index (Phi) is 9.74. The van der Waals surface area contributed by atoms with Gasteiger partial charge in [0.1, 0.15) is 17.9 Å². The van der Waals surface area contributed by atoms with Crippen molar-refractivity contribution in [2.24, 2.45) is 0 Å². The number of para-hydroxylation sites is 1. The molecule has 0 saturated carbocycles.